The van der Waals surface area contributed by atoms with E-state index < -0.39 is 0 Å². The van der Waals surface area contributed by atoms with Crippen molar-refractivity contribution in [1.82, 2.24) is 5.32 Å². The van der Waals surface area contributed by atoms with Crippen LogP contribution in [-0.2, 0) is 4.74 Å². The maximum Gasteiger partial charge on any atom is 0.292 e. The first-order valence-electron chi connectivity index (χ1n) is 5.76. The monoisotopic (exact) mass is 266 g/mol. The molecule has 0 fully saturated rings. The van der Waals surface area contributed by atoms with Crippen LogP contribution in [0, 0.1) is 5.92 Å². The fourth-order valence-corrected chi connectivity index (χ4v) is 1.70. The quantitative estimate of drug-likeness (QED) is 0.506. The maximum absolute atomic E-state index is 11.8. The van der Waals surface area contributed by atoms with Gasteiger partial charge in [0.05, 0.1) is 18.0 Å². The van der Waals surface area contributed by atoms with E-state index in [0.717, 1.165) is 0 Å². The van der Waals surface area contributed by atoms with Gasteiger partial charge in [-0.2, -0.15) is 0 Å². The van der Waals surface area contributed by atoms with Gasteiger partial charge in [-0.25, -0.2) is 4.99 Å². The van der Waals surface area contributed by atoms with Gasteiger partial charge in [-0.05, 0) is 17.4 Å². The lowest BCUT2D eigenvalue weighted by molar-refractivity contribution is 0.0967. The molecule has 0 unspecified atom stereocenters. The van der Waals surface area contributed by atoms with Gasteiger partial charge in [0, 0.05) is 0 Å². The molecule has 0 aromatic carbocycles. The van der Waals surface area contributed by atoms with E-state index in [0.29, 0.717) is 23.9 Å². The van der Waals surface area contributed by atoms with E-state index in [2.05, 4.69) is 16.9 Å². The Balaban J connectivity index is 2.60. The Morgan fingerprint density at radius 3 is 3.00 bits per heavy atom. The number of nitrogens with zero attached hydrogens (tertiary/aromatic N) is 1. The number of amides is 1. The van der Waals surface area contributed by atoms with Crippen molar-refractivity contribution in [2.45, 2.75) is 13.8 Å². The number of aliphatic imine (C=N–C) groups is 1. The summed E-state index contributed by atoms with van der Waals surface area (Å²) in [7, 11) is 0. The van der Waals surface area contributed by atoms with Crippen LogP contribution < -0.4 is 5.32 Å². The number of hydrogen-bond acceptors (Lipinski definition) is 4. The number of hydrogen-bond donors (Lipinski definition) is 1. The molecule has 0 spiro atoms. The van der Waals surface area contributed by atoms with E-state index in [1.165, 1.54) is 11.3 Å². The average Bonchev–Trinajstić information content (AvgIpc) is 2.86. The molecule has 1 amide bonds. The summed E-state index contributed by atoms with van der Waals surface area (Å²) in [6.45, 7) is 8.58. The Kier molecular flexibility index (Phi) is 6.14. The molecule has 0 bridgehead atoms. The molecular weight excluding hydrogens is 248 g/mol. The van der Waals surface area contributed by atoms with Crippen LogP contribution in [0.25, 0.3) is 0 Å². The Labute approximate surface area is 111 Å². The summed E-state index contributed by atoms with van der Waals surface area (Å²) >= 11 is 1.38. The summed E-state index contributed by atoms with van der Waals surface area (Å²) < 4.78 is 5.45. The number of amidine groups is 1. The number of carbonyl (C=O) groups is 1. The summed E-state index contributed by atoms with van der Waals surface area (Å²) in [6, 6.07) is 3.84. The molecule has 1 rings (SSSR count). The Hall–Kier alpha value is -1.62. The normalized spacial score (nSPS) is 11.4. The molecule has 1 aromatic rings. The molecule has 1 aromatic heterocycles. The first kappa shape index (κ1) is 14.4. The van der Waals surface area contributed by atoms with Crippen molar-refractivity contribution in [2.75, 3.05) is 13.2 Å². The van der Waals surface area contributed by atoms with Gasteiger partial charge in [0.15, 0.2) is 0 Å². The number of ether oxygens (including phenoxy) is 1. The molecule has 5 heteroatoms. The minimum absolute atomic E-state index is 0.198. The molecule has 0 aliphatic rings. The summed E-state index contributed by atoms with van der Waals surface area (Å²) in [5.74, 6) is 0.175. The molecule has 1 heterocycles. The second-order valence-corrected chi connectivity index (χ2v) is 5.02. The average molecular weight is 266 g/mol. The fraction of sp³-hybridized carbons (Fsp3) is 0.385. The van der Waals surface area contributed by atoms with E-state index >= 15 is 0 Å². The standard InChI is InChI=1S/C13H18N2O2S/c1-4-7-14-13(17-9-10(2)3)15-12(16)11-6-5-8-18-11/h4-6,8,10H,1,7,9H2,2-3H3,(H,14,15,16). The minimum atomic E-state index is -0.198. The van der Waals surface area contributed by atoms with Crippen LogP contribution in [-0.4, -0.2) is 25.1 Å². The predicted molar refractivity (Wildman–Crippen MR) is 75.1 cm³/mol. The first-order chi connectivity index (χ1) is 8.63. The molecule has 18 heavy (non-hydrogen) atoms. The van der Waals surface area contributed by atoms with Crippen molar-refractivity contribution >= 4 is 23.3 Å². The molecule has 0 radical (unpaired) electrons. The molecule has 0 aliphatic carbocycles. The minimum Gasteiger partial charge on any atom is -0.465 e. The van der Waals surface area contributed by atoms with Crippen LogP contribution in [0.1, 0.15) is 23.5 Å². The zero-order valence-electron chi connectivity index (χ0n) is 10.7. The topological polar surface area (TPSA) is 50.7 Å². The lowest BCUT2D eigenvalue weighted by Gasteiger charge is -2.11. The summed E-state index contributed by atoms with van der Waals surface area (Å²) in [6.07, 6.45) is 1.65. The highest BCUT2D eigenvalue weighted by Crippen LogP contribution is 2.07. The zero-order valence-corrected chi connectivity index (χ0v) is 11.5. The second kappa shape index (κ2) is 7.66. The third-order valence-electron chi connectivity index (χ3n) is 1.88. The highest BCUT2D eigenvalue weighted by molar-refractivity contribution is 7.12. The van der Waals surface area contributed by atoms with E-state index in [9.17, 15) is 4.79 Å². The SMILES string of the molecule is C=CCN=C(NC(=O)c1cccs1)OCC(C)C. The van der Waals surface area contributed by atoms with E-state index in [4.69, 9.17) is 4.74 Å². The van der Waals surface area contributed by atoms with Crippen LogP contribution in [0.4, 0.5) is 0 Å². The van der Waals surface area contributed by atoms with Crippen molar-refractivity contribution in [1.29, 1.82) is 0 Å². The Morgan fingerprint density at radius 1 is 1.67 bits per heavy atom. The van der Waals surface area contributed by atoms with Crippen molar-refractivity contribution in [3.63, 3.8) is 0 Å². The third-order valence-corrected chi connectivity index (χ3v) is 2.75. The predicted octanol–water partition coefficient (Wildman–Crippen LogP) is 2.69. The smallest absolute Gasteiger partial charge is 0.292 e. The number of rotatable bonds is 5. The highest BCUT2D eigenvalue weighted by atomic mass is 32.1. The van der Waals surface area contributed by atoms with Crippen LogP contribution in [0.15, 0.2) is 35.2 Å². The Morgan fingerprint density at radius 2 is 2.44 bits per heavy atom. The van der Waals surface area contributed by atoms with Crippen molar-refractivity contribution < 1.29 is 9.53 Å². The molecule has 0 saturated heterocycles. The van der Waals surface area contributed by atoms with Gasteiger partial charge >= 0.3 is 0 Å². The lowest BCUT2D eigenvalue weighted by atomic mass is 10.2. The molecule has 0 saturated carbocycles. The maximum atomic E-state index is 11.8. The zero-order chi connectivity index (χ0) is 13.4. The van der Waals surface area contributed by atoms with Gasteiger partial charge in [0.1, 0.15) is 0 Å². The molecular formula is C13H18N2O2S. The fourth-order valence-electron chi connectivity index (χ4n) is 1.08. The molecule has 4 nitrogen and oxygen atoms in total. The largest absolute Gasteiger partial charge is 0.465 e. The molecule has 98 valence electrons. The molecule has 0 atom stereocenters. The van der Waals surface area contributed by atoms with Crippen molar-refractivity contribution in [3.8, 4) is 0 Å². The lowest BCUT2D eigenvalue weighted by Crippen LogP contribution is -2.33. The van der Waals surface area contributed by atoms with Crippen LogP contribution in [0.5, 0.6) is 0 Å². The van der Waals surface area contributed by atoms with Gasteiger partial charge in [0.25, 0.3) is 11.9 Å². The van der Waals surface area contributed by atoms with Crippen molar-refractivity contribution in [3.05, 3.63) is 35.0 Å². The van der Waals surface area contributed by atoms with Crippen LogP contribution >= 0.6 is 11.3 Å². The van der Waals surface area contributed by atoms with E-state index in [-0.39, 0.29) is 11.9 Å². The number of carbonyl (C=O) groups excluding carboxylic acids is 1. The van der Waals surface area contributed by atoms with E-state index in [1.807, 2.05) is 25.3 Å². The van der Waals surface area contributed by atoms with Crippen LogP contribution in [0.2, 0.25) is 0 Å². The van der Waals surface area contributed by atoms with Gasteiger partial charge in [-0.1, -0.05) is 26.0 Å². The molecule has 0 aliphatic heterocycles. The second-order valence-electron chi connectivity index (χ2n) is 4.07. The highest BCUT2D eigenvalue weighted by Gasteiger charge is 2.10. The van der Waals surface area contributed by atoms with Gasteiger partial charge in [-0.15, -0.1) is 17.9 Å². The summed E-state index contributed by atoms with van der Waals surface area (Å²) in [5, 5.41) is 4.51. The third kappa shape index (κ3) is 5.14. The number of thiophene rings is 1. The number of nitrogens with one attached hydrogen (secondary N) is 1. The summed E-state index contributed by atoms with van der Waals surface area (Å²) in [5.41, 5.74) is 0. The van der Waals surface area contributed by atoms with Gasteiger partial charge in [-0.3, -0.25) is 10.1 Å². The van der Waals surface area contributed by atoms with Gasteiger partial charge in [0.2, 0.25) is 0 Å². The van der Waals surface area contributed by atoms with Crippen molar-refractivity contribution in [2.24, 2.45) is 10.9 Å². The first-order valence-corrected chi connectivity index (χ1v) is 6.64. The van der Waals surface area contributed by atoms with Gasteiger partial charge < -0.3 is 4.74 Å². The van der Waals surface area contributed by atoms with Crippen LogP contribution in [0.3, 0.4) is 0 Å². The van der Waals surface area contributed by atoms with E-state index in [1.54, 1.807) is 12.1 Å². The molecule has 1 N–H and O–H groups in total. The Bertz CT molecular complexity index is 411. The summed E-state index contributed by atoms with van der Waals surface area (Å²) in [4.78, 5) is 16.6.